The Kier molecular flexibility index (Phi) is 4.49. The van der Waals surface area contributed by atoms with Crippen molar-refractivity contribution in [2.45, 2.75) is 32.2 Å². The Morgan fingerprint density at radius 2 is 1.89 bits per heavy atom. The minimum absolute atomic E-state index is 0.0450. The number of amides is 1. The van der Waals surface area contributed by atoms with Crippen LogP contribution in [-0.2, 0) is 11.3 Å². The predicted molar refractivity (Wildman–Crippen MR) is 109 cm³/mol. The Bertz CT molecular complexity index is 1020. The molecule has 1 saturated heterocycles. The number of carbonyl (C=O) groups is 1. The predicted octanol–water partition coefficient (Wildman–Crippen LogP) is 3.64. The van der Waals surface area contributed by atoms with E-state index >= 15 is 0 Å². The van der Waals surface area contributed by atoms with Gasteiger partial charge in [-0.15, -0.1) is 10.2 Å². The summed E-state index contributed by atoms with van der Waals surface area (Å²) < 4.78 is 0. The SMILES string of the molecule is O=C(Nc1cc2cc(-c3cncc(CN4CCCC4)c3)ccc2nn1)C1CC1. The van der Waals surface area contributed by atoms with Gasteiger partial charge in [0.25, 0.3) is 0 Å². The third-order valence-corrected chi connectivity index (χ3v) is 5.52. The van der Waals surface area contributed by atoms with Crippen molar-refractivity contribution >= 4 is 22.6 Å². The molecule has 0 atom stereocenters. The van der Waals surface area contributed by atoms with Gasteiger partial charge < -0.3 is 5.32 Å². The summed E-state index contributed by atoms with van der Waals surface area (Å²) in [6, 6.07) is 10.2. The molecule has 1 aromatic carbocycles. The summed E-state index contributed by atoms with van der Waals surface area (Å²) in [6.45, 7) is 3.31. The van der Waals surface area contributed by atoms with Gasteiger partial charge in [-0.3, -0.25) is 14.7 Å². The summed E-state index contributed by atoms with van der Waals surface area (Å²) in [5.74, 6) is 0.708. The molecule has 3 aromatic rings. The molecule has 0 unspecified atom stereocenters. The second-order valence-electron chi connectivity index (χ2n) is 7.83. The van der Waals surface area contributed by atoms with Crippen LogP contribution in [0, 0.1) is 5.92 Å². The maximum atomic E-state index is 12.0. The first-order valence-corrected chi connectivity index (χ1v) is 10.00. The molecule has 0 spiro atoms. The molecular weight excluding hydrogens is 350 g/mol. The molecule has 2 aromatic heterocycles. The smallest absolute Gasteiger partial charge is 0.228 e. The third kappa shape index (κ3) is 3.73. The highest BCUT2D eigenvalue weighted by Gasteiger charge is 2.29. The number of aromatic nitrogens is 3. The highest BCUT2D eigenvalue weighted by Crippen LogP contribution is 2.30. The molecule has 1 N–H and O–H groups in total. The van der Waals surface area contributed by atoms with Crippen molar-refractivity contribution < 1.29 is 4.79 Å². The van der Waals surface area contributed by atoms with Crippen molar-refractivity contribution in [3.05, 3.63) is 48.3 Å². The zero-order valence-electron chi connectivity index (χ0n) is 15.8. The average molecular weight is 373 g/mol. The molecule has 1 amide bonds. The summed E-state index contributed by atoms with van der Waals surface area (Å²) in [5.41, 5.74) is 4.24. The van der Waals surface area contributed by atoms with Crippen molar-refractivity contribution in [3.8, 4) is 11.1 Å². The van der Waals surface area contributed by atoms with Gasteiger partial charge in [-0.05, 0) is 74.2 Å². The van der Waals surface area contributed by atoms with E-state index in [0.29, 0.717) is 5.82 Å². The van der Waals surface area contributed by atoms with E-state index < -0.39 is 0 Å². The summed E-state index contributed by atoms with van der Waals surface area (Å²) in [7, 11) is 0. The standard InChI is InChI=1S/C22H23N5O/c28-22(16-3-4-16)24-21-11-18-10-17(5-6-20(18)25-26-21)19-9-15(12-23-13-19)14-27-7-1-2-8-27/h5-6,9-13,16H,1-4,7-8,14H2,(H,24,26,28). The Morgan fingerprint density at radius 3 is 2.71 bits per heavy atom. The molecule has 6 heteroatoms. The molecule has 28 heavy (non-hydrogen) atoms. The van der Waals surface area contributed by atoms with E-state index in [1.807, 2.05) is 24.5 Å². The molecule has 1 aliphatic heterocycles. The third-order valence-electron chi connectivity index (χ3n) is 5.52. The highest BCUT2D eigenvalue weighted by atomic mass is 16.2. The summed E-state index contributed by atoms with van der Waals surface area (Å²) in [5, 5.41) is 12.2. The first-order chi connectivity index (χ1) is 13.7. The Labute approximate surface area is 164 Å². The van der Waals surface area contributed by atoms with Crippen LogP contribution in [0.4, 0.5) is 5.82 Å². The number of rotatable bonds is 5. The van der Waals surface area contributed by atoms with E-state index in [0.717, 1.165) is 41.4 Å². The monoisotopic (exact) mass is 373 g/mol. The number of nitrogens with zero attached hydrogens (tertiary/aromatic N) is 4. The van der Waals surface area contributed by atoms with Crippen LogP contribution in [0.2, 0.25) is 0 Å². The van der Waals surface area contributed by atoms with E-state index in [1.54, 1.807) is 0 Å². The van der Waals surface area contributed by atoms with E-state index in [2.05, 4.69) is 43.6 Å². The molecule has 1 saturated carbocycles. The quantitative estimate of drug-likeness (QED) is 0.739. The van der Waals surface area contributed by atoms with Crippen molar-refractivity contribution in [3.63, 3.8) is 0 Å². The van der Waals surface area contributed by atoms with E-state index in [-0.39, 0.29) is 11.8 Å². The molecule has 2 fully saturated rings. The van der Waals surface area contributed by atoms with Crippen molar-refractivity contribution in [2.24, 2.45) is 5.92 Å². The fraction of sp³-hybridized carbons (Fsp3) is 0.364. The lowest BCUT2D eigenvalue weighted by Gasteiger charge is -2.15. The Balaban J connectivity index is 1.41. The molecule has 0 bridgehead atoms. The largest absolute Gasteiger partial charge is 0.309 e. The summed E-state index contributed by atoms with van der Waals surface area (Å²) in [4.78, 5) is 18.9. The molecule has 2 aliphatic rings. The fourth-order valence-corrected chi connectivity index (χ4v) is 3.79. The number of nitrogens with one attached hydrogen (secondary N) is 1. The maximum Gasteiger partial charge on any atom is 0.228 e. The molecule has 5 rings (SSSR count). The van der Waals surface area contributed by atoms with Crippen LogP contribution in [0.5, 0.6) is 0 Å². The minimum atomic E-state index is 0.0450. The average Bonchev–Trinajstić information content (AvgIpc) is 3.45. The molecular formula is C22H23N5O. The van der Waals surface area contributed by atoms with Crippen LogP contribution in [0.1, 0.15) is 31.2 Å². The van der Waals surface area contributed by atoms with Gasteiger partial charge in [0, 0.05) is 35.8 Å². The lowest BCUT2D eigenvalue weighted by atomic mass is 10.0. The summed E-state index contributed by atoms with van der Waals surface area (Å²) in [6.07, 6.45) is 8.38. The van der Waals surface area contributed by atoms with Crippen LogP contribution in [0.3, 0.4) is 0 Å². The molecule has 142 valence electrons. The van der Waals surface area contributed by atoms with Crippen LogP contribution < -0.4 is 5.32 Å². The number of hydrogen-bond acceptors (Lipinski definition) is 5. The number of carbonyl (C=O) groups excluding carboxylic acids is 1. The number of fused-ring (bicyclic) bond motifs is 1. The topological polar surface area (TPSA) is 71.0 Å². The number of likely N-dealkylation sites (tertiary alicyclic amines) is 1. The summed E-state index contributed by atoms with van der Waals surface area (Å²) >= 11 is 0. The number of anilines is 1. The van der Waals surface area contributed by atoms with Crippen molar-refractivity contribution in [1.82, 2.24) is 20.1 Å². The number of pyridine rings is 1. The first kappa shape index (κ1) is 17.3. The number of hydrogen-bond donors (Lipinski definition) is 1. The van der Waals surface area contributed by atoms with Crippen LogP contribution in [0.25, 0.3) is 22.0 Å². The normalized spacial score (nSPS) is 17.1. The fourth-order valence-electron chi connectivity index (χ4n) is 3.79. The molecule has 1 aliphatic carbocycles. The molecule has 0 radical (unpaired) electrons. The second kappa shape index (κ2) is 7.28. The van der Waals surface area contributed by atoms with Crippen LogP contribution in [-0.4, -0.2) is 39.1 Å². The highest BCUT2D eigenvalue weighted by molar-refractivity contribution is 5.95. The Morgan fingerprint density at radius 1 is 1.04 bits per heavy atom. The lowest BCUT2D eigenvalue weighted by molar-refractivity contribution is -0.117. The van der Waals surface area contributed by atoms with Crippen molar-refractivity contribution in [1.29, 1.82) is 0 Å². The molecule has 6 nitrogen and oxygen atoms in total. The molecule has 3 heterocycles. The van der Waals surface area contributed by atoms with Gasteiger partial charge in [0.15, 0.2) is 5.82 Å². The van der Waals surface area contributed by atoms with E-state index in [9.17, 15) is 4.79 Å². The second-order valence-corrected chi connectivity index (χ2v) is 7.83. The van der Waals surface area contributed by atoms with Gasteiger partial charge in [0.05, 0.1) is 5.52 Å². The minimum Gasteiger partial charge on any atom is -0.309 e. The van der Waals surface area contributed by atoms with Gasteiger partial charge in [0.1, 0.15) is 0 Å². The van der Waals surface area contributed by atoms with Crippen molar-refractivity contribution in [2.75, 3.05) is 18.4 Å². The van der Waals surface area contributed by atoms with E-state index in [4.69, 9.17) is 0 Å². The van der Waals surface area contributed by atoms with Gasteiger partial charge in [-0.2, -0.15) is 0 Å². The first-order valence-electron chi connectivity index (χ1n) is 10.00. The van der Waals surface area contributed by atoms with Crippen LogP contribution >= 0.6 is 0 Å². The maximum absolute atomic E-state index is 12.0. The zero-order chi connectivity index (χ0) is 18.9. The number of benzene rings is 1. The lowest BCUT2D eigenvalue weighted by Crippen LogP contribution is -2.18. The van der Waals surface area contributed by atoms with Crippen LogP contribution in [0.15, 0.2) is 42.7 Å². The van der Waals surface area contributed by atoms with E-state index in [1.165, 1.54) is 31.5 Å². The van der Waals surface area contributed by atoms with Gasteiger partial charge in [-0.1, -0.05) is 6.07 Å². The van der Waals surface area contributed by atoms with Gasteiger partial charge in [0.2, 0.25) is 5.91 Å². The Hall–Kier alpha value is -2.86. The zero-order valence-corrected chi connectivity index (χ0v) is 15.8. The van der Waals surface area contributed by atoms with Gasteiger partial charge in [-0.25, -0.2) is 0 Å². The van der Waals surface area contributed by atoms with Gasteiger partial charge >= 0.3 is 0 Å².